The van der Waals surface area contributed by atoms with Crippen LogP contribution >= 0.6 is 0 Å². The van der Waals surface area contributed by atoms with Crippen LogP contribution in [0.1, 0.15) is 11.1 Å². The number of nitro groups is 1. The first-order chi connectivity index (χ1) is 6.57. The van der Waals surface area contributed by atoms with E-state index in [2.05, 4.69) is 0 Å². The molecule has 0 saturated heterocycles. The maximum atomic E-state index is 13.4. The Bertz CT molecular complexity index is 365. The lowest BCUT2D eigenvalue weighted by Gasteiger charge is -2.04. The number of benzene rings is 1. The monoisotopic (exact) mass is 199 g/mol. The van der Waals surface area contributed by atoms with Crippen molar-refractivity contribution in [1.29, 1.82) is 0 Å². The predicted octanol–water partition coefficient (Wildman–Crippen LogP) is 1.58. The van der Waals surface area contributed by atoms with Gasteiger partial charge in [-0.15, -0.1) is 0 Å². The smallest absolute Gasteiger partial charge is 0.275 e. The van der Waals surface area contributed by atoms with Crippen molar-refractivity contribution in [1.82, 2.24) is 0 Å². The molecule has 0 radical (unpaired) electrons. The van der Waals surface area contributed by atoms with Crippen molar-refractivity contribution in [3.05, 3.63) is 39.2 Å². The molecule has 0 fully saturated rings. The van der Waals surface area contributed by atoms with Gasteiger partial charge in [0.25, 0.3) is 5.69 Å². The molecule has 5 heteroatoms. The minimum absolute atomic E-state index is 0.0301. The van der Waals surface area contributed by atoms with Gasteiger partial charge in [-0.1, -0.05) is 0 Å². The quantitative estimate of drug-likeness (QED) is 0.593. The molecular formula is C9H10FNO3. The lowest BCUT2D eigenvalue weighted by Crippen LogP contribution is -2.03. The van der Waals surface area contributed by atoms with E-state index in [1.165, 1.54) is 19.1 Å². The maximum absolute atomic E-state index is 13.4. The summed E-state index contributed by atoms with van der Waals surface area (Å²) in [6, 6.07) is 2.61. The molecule has 1 N–H and O–H groups in total. The molecule has 0 amide bonds. The molecule has 0 aromatic heterocycles. The number of aliphatic hydroxyl groups excluding tert-OH is 1. The number of halogens is 1. The normalized spacial score (nSPS) is 10.2. The topological polar surface area (TPSA) is 63.4 Å². The van der Waals surface area contributed by atoms with Crippen LogP contribution in [-0.4, -0.2) is 16.6 Å². The Hall–Kier alpha value is -1.49. The summed E-state index contributed by atoms with van der Waals surface area (Å²) in [5.74, 6) is -0.603. The molecule has 0 spiro atoms. The largest absolute Gasteiger partial charge is 0.396 e. The van der Waals surface area contributed by atoms with Crippen molar-refractivity contribution in [3.8, 4) is 0 Å². The highest BCUT2D eigenvalue weighted by atomic mass is 19.1. The molecule has 0 aliphatic rings. The fraction of sp³-hybridized carbons (Fsp3) is 0.333. The van der Waals surface area contributed by atoms with Crippen LogP contribution in [0.5, 0.6) is 0 Å². The third-order valence-corrected chi connectivity index (χ3v) is 1.97. The van der Waals surface area contributed by atoms with Crippen molar-refractivity contribution in [3.63, 3.8) is 0 Å². The molecule has 0 saturated carbocycles. The van der Waals surface area contributed by atoms with E-state index in [1.807, 2.05) is 0 Å². The Morgan fingerprint density at radius 3 is 2.71 bits per heavy atom. The number of aliphatic hydroxyl groups is 1. The molecule has 4 nitrogen and oxygen atoms in total. The van der Waals surface area contributed by atoms with Crippen LogP contribution in [0.4, 0.5) is 10.1 Å². The van der Waals surface area contributed by atoms with Crippen molar-refractivity contribution >= 4 is 5.69 Å². The van der Waals surface area contributed by atoms with Crippen LogP contribution in [0.15, 0.2) is 12.1 Å². The van der Waals surface area contributed by atoms with Crippen LogP contribution in [0, 0.1) is 22.9 Å². The second-order valence-corrected chi connectivity index (χ2v) is 2.92. The highest BCUT2D eigenvalue weighted by Crippen LogP contribution is 2.24. The minimum Gasteiger partial charge on any atom is -0.396 e. The molecule has 0 bridgehead atoms. The number of rotatable bonds is 3. The van der Waals surface area contributed by atoms with Crippen LogP contribution in [-0.2, 0) is 6.42 Å². The van der Waals surface area contributed by atoms with E-state index in [9.17, 15) is 14.5 Å². The van der Waals surface area contributed by atoms with Gasteiger partial charge in [0.15, 0.2) is 0 Å². The molecule has 1 aromatic rings. The van der Waals surface area contributed by atoms with Gasteiger partial charge in [-0.3, -0.25) is 10.1 Å². The number of hydrogen-bond donors (Lipinski definition) is 1. The first-order valence-corrected chi connectivity index (χ1v) is 4.11. The maximum Gasteiger partial charge on any atom is 0.275 e. The summed E-state index contributed by atoms with van der Waals surface area (Å²) in [4.78, 5) is 9.87. The Morgan fingerprint density at radius 2 is 2.21 bits per heavy atom. The Labute approximate surface area is 80.1 Å². The third-order valence-electron chi connectivity index (χ3n) is 1.97. The number of hydrogen-bond acceptors (Lipinski definition) is 3. The fourth-order valence-electron chi connectivity index (χ4n) is 1.25. The van der Waals surface area contributed by atoms with Gasteiger partial charge in [-0.2, -0.15) is 0 Å². The van der Waals surface area contributed by atoms with Gasteiger partial charge in [0.2, 0.25) is 0 Å². The summed E-state index contributed by atoms with van der Waals surface area (Å²) in [6.45, 7) is 1.22. The molecule has 1 aromatic carbocycles. The summed E-state index contributed by atoms with van der Waals surface area (Å²) < 4.78 is 13.4. The van der Waals surface area contributed by atoms with Gasteiger partial charge in [-0.05, 0) is 18.6 Å². The van der Waals surface area contributed by atoms with Gasteiger partial charge in [0, 0.05) is 19.1 Å². The van der Waals surface area contributed by atoms with Gasteiger partial charge < -0.3 is 5.11 Å². The van der Waals surface area contributed by atoms with E-state index in [1.54, 1.807) is 0 Å². The molecule has 0 aliphatic carbocycles. The molecule has 0 aliphatic heterocycles. The molecular weight excluding hydrogens is 189 g/mol. The summed E-state index contributed by atoms with van der Waals surface area (Å²) in [6.07, 6.45) is -0.0379. The first kappa shape index (κ1) is 10.6. The molecule has 1 rings (SSSR count). The summed E-state index contributed by atoms with van der Waals surface area (Å²) in [5.41, 5.74) is 0.0405. The molecule has 0 heterocycles. The van der Waals surface area contributed by atoms with Gasteiger partial charge in [0.1, 0.15) is 5.82 Å². The van der Waals surface area contributed by atoms with E-state index in [-0.39, 0.29) is 24.3 Å². The van der Waals surface area contributed by atoms with E-state index in [4.69, 9.17) is 5.11 Å². The lowest BCUT2D eigenvalue weighted by molar-refractivity contribution is -0.385. The highest BCUT2D eigenvalue weighted by Gasteiger charge is 2.18. The number of nitro benzene ring substituents is 1. The Kier molecular flexibility index (Phi) is 3.14. The highest BCUT2D eigenvalue weighted by molar-refractivity contribution is 5.44. The third kappa shape index (κ3) is 1.88. The molecule has 76 valence electrons. The number of aryl methyl sites for hydroxylation is 1. The average molecular weight is 199 g/mol. The standard InChI is InChI=1S/C9H10FNO3/c1-6-2-3-8(11(13)14)7(4-5-12)9(6)10/h2-3,12H,4-5H2,1H3. The second-order valence-electron chi connectivity index (χ2n) is 2.92. The van der Waals surface area contributed by atoms with Crippen LogP contribution in [0.3, 0.4) is 0 Å². The predicted molar refractivity (Wildman–Crippen MR) is 48.6 cm³/mol. The molecule has 0 unspecified atom stereocenters. The zero-order valence-corrected chi connectivity index (χ0v) is 7.66. The summed E-state index contributed by atoms with van der Waals surface area (Å²) in [7, 11) is 0. The first-order valence-electron chi connectivity index (χ1n) is 4.11. The van der Waals surface area contributed by atoms with E-state index < -0.39 is 10.7 Å². The average Bonchev–Trinajstić information content (AvgIpc) is 2.13. The summed E-state index contributed by atoms with van der Waals surface area (Å²) in [5, 5.41) is 19.2. The zero-order valence-electron chi connectivity index (χ0n) is 7.66. The lowest BCUT2D eigenvalue weighted by atomic mass is 10.1. The Morgan fingerprint density at radius 1 is 1.57 bits per heavy atom. The number of nitrogens with zero attached hydrogens (tertiary/aromatic N) is 1. The van der Waals surface area contributed by atoms with Crippen LogP contribution in [0.2, 0.25) is 0 Å². The molecule has 0 atom stereocenters. The van der Waals surface area contributed by atoms with Gasteiger partial charge >= 0.3 is 0 Å². The van der Waals surface area contributed by atoms with Crippen LogP contribution in [0.25, 0.3) is 0 Å². The second kappa shape index (κ2) is 4.15. The van der Waals surface area contributed by atoms with Gasteiger partial charge in [0.05, 0.1) is 10.5 Å². The van der Waals surface area contributed by atoms with Crippen LogP contribution < -0.4 is 0 Å². The zero-order chi connectivity index (χ0) is 10.7. The van der Waals surface area contributed by atoms with Crippen molar-refractivity contribution in [2.24, 2.45) is 0 Å². The van der Waals surface area contributed by atoms with E-state index in [0.29, 0.717) is 5.56 Å². The molecule has 14 heavy (non-hydrogen) atoms. The van der Waals surface area contributed by atoms with Crippen molar-refractivity contribution in [2.45, 2.75) is 13.3 Å². The fourth-order valence-corrected chi connectivity index (χ4v) is 1.25. The SMILES string of the molecule is Cc1ccc([N+](=O)[O-])c(CCO)c1F. The van der Waals surface area contributed by atoms with Crippen molar-refractivity contribution in [2.75, 3.05) is 6.61 Å². The van der Waals surface area contributed by atoms with E-state index in [0.717, 1.165) is 0 Å². The Balaban J connectivity index is 3.29. The summed E-state index contributed by atoms with van der Waals surface area (Å²) >= 11 is 0. The van der Waals surface area contributed by atoms with E-state index >= 15 is 0 Å². The minimum atomic E-state index is -0.645. The van der Waals surface area contributed by atoms with Gasteiger partial charge in [-0.25, -0.2) is 4.39 Å². The van der Waals surface area contributed by atoms with Crippen molar-refractivity contribution < 1.29 is 14.4 Å².